The summed E-state index contributed by atoms with van der Waals surface area (Å²) in [6.07, 6.45) is 3.24. The number of carbonyl (C=O) groups excluding carboxylic acids is 1. The lowest BCUT2D eigenvalue weighted by atomic mass is 10.1. The third-order valence-electron chi connectivity index (χ3n) is 6.13. The van der Waals surface area contributed by atoms with Crippen molar-refractivity contribution in [1.29, 1.82) is 0 Å². The van der Waals surface area contributed by atoms with Crippen LogP contribution in [0.5, 0.6) is 11.5 Å². The van der Waals surface area contributed by atoms with Crippen LogP contribution in [0.4, 0.5) is 0 Å². The molecule has 0 bridgehead atoms. The fourth-order valence-corrected chi connectivity index (χ4v) is 4.33. The van der Waals surface area contributed by atoms with Crippen molar-refractivity contribution >= 4 is 28.3 Å². The van der Waals surface area contributed by atoms with Gasteiger partial charge < -0.3 is 24.3 Å². The van der Waals surface area contributed by atoms with Crippen LogP contribution in [0.25, 0.3) is 33.3 Å². The zero-order valence-electron chi connectivity index (χ0n) is 20.7. The number of methoxy groups -OCH3 is 1. The molecule has 3 aromatic carbocycles. The van der Waals surface area contributed by atoms with Crippen molar-refractivity contribution in [2.45, 2.75) is 26.4 Å². The predicted molar refractivity (Wildman–Crippen MR) is 142 cm³/mol. The number of fused-ring (bicyclic) bond motifs is 2. The Labute approximate surface area is 213 Å². The zero-order chi connectivity index (χ0) is 25.8. The fraction of sp³-hybridized carbons (Fsp3) is 0.214. The van der Waals surface area contributed by atoms with E-state index in [0.29, 0.717) is 54.1 Å². The number of benzene rings is 3. The van der Waals surface area contributed by atoms with Gasteiger partial charge in [0.1, 0.15) is 17.3 Å². The molecule has 2 N–H and O–H groups in total. The number of para-hydroxylation sites is 1. The molecule has 1 amide bonds. The summed E-state index contributed by atoms with van der Waals surface area (Å²) >= 11 is 0. The third-order valence-corrected chi connectivity index (χ3v) is 6.13. The van der Waals surface area contributed by atoms with Gasteiger partial charge in [0.15, 0.2) is 0 Å². The van der Waals surface area contributed by atoms with Gasteiger partial charge in [-0.1, -0.05) is 31.2 Å². The van der Waals surface area contributed by atoms with E-state index in [2.05, 4.69) is 15.3 Å². The smallest absolute Gasteiger partial charge is 0.259 e. The first kappa shape index (κ1) is 24.1. The van der Waals surface area contributed by atoms with E-state index < -0.39 is 0 Å². The maximum Gasteiger partial charge on any atom is 0.259 e. The van der Waals surface area contributed by atoms with Gasteiger partial charge in [-0.2, -0.15) is 0 Å². The molecule has 188 valence electrons. The van der Waals surface area contributed by atoms with E-state index in [-0.39, 0.29) is 5.56 Å². The van der Waals surface area contributed by atoms with Crippen molar-refractivity contribution in [3.8, 4) is 22.9 Å². The number of aromatic nitrogens is 4. The Hall–Kier alpha value is -4.66. The lowest BCUT2D eigenvalue weighted by Crippen LogP contribution is -2.12. The average Bonchev–Trinajstić information content (AvgIpc) is 3.31. The van der Waals surface area contributed by atoms with Crippen LogP contribution in [0.15, 0.2) is 65.7 Å². The number of aromatic amines is 1. The molecule has 0 saturated carbocycles. The Kier molecular flexibility index (Phi) is 6.85. The Balaban J connectivity index is 1.58. The molecule has 9 heteroatoms. The number of carbonyl (C=O) groups is 1. The van der Waals surface area contributed by atoms with Crippen molar-refractivity contribution in [3.63, 3.8) is 0 Å². The number of amides is 1. The van der Waals surface area contributed by atoms with Gasteiger partial charge in [0.05, 0.1) is 54.1 Å². The largest absolute Gasteiger partial charge is 0.496 e. The molecule has 37 heavy (non-hydrogen) atoms. The molecule has 0 radical (unpaired) electrons. The molecular weight excluding hydrogens is 470 g/mol. The highest BCUT2D eigenvalue weighted by atomic mass is 16.5. The lowest BCUT2D eigenvalue weighted by molar-refractivity contribution is -0.109. The second kappa shape index (κ2) is 10.5. The summed E-state index contributed by atoms with van der Waals surface area (Å²) in [5.41, 5.74) is 4.36. The average molecular weight is 498 g/mol. The zero-order valence-corrected chi connectivity index (χ0v) is 20.7. The fourth-order valence-electron chi connectivity index (χ4n) is 4.33. The Bertz CT molecular complexity index is 1640. The van der Waals surface area contributed by atoms with E-state index in [9.17, 15) is 9.59 Å². The molecule has 0 saturated heterocycles. The highest BCUT2D eigenvalue weighted by Crippen LogP contribution is 2.30. The number of hydrogen-bond donors (Lipinski definition) is 2. The van der Waals surface area contributed by atoms with Crippen molar-refractivity contribution in [3.05, 3.63) is 82.4 Å². The van der Waals surface area contributed by atoms with Crippen molar-refractivity contribution in [2.24, 2.45) is 0 Å². The van der Waals surface area contributed by atoms with Gasteiger partial charge in [0, 0.05) is 12.1 Å². The SMILES string of the molecule is CCCOc1ccc(CNC=O)cc1-c1nc2cc3ncn(Cc4ccccc4OC)c3cc2c(=O)[nH]1. The molecule has 2 aromatic heterocycles. The number of hydrogen-bond acceptors (Lipinski definition) is 6. The molecule has 0 aliphatic rings. The summed E-state index contributed by atoms with van der Waals surface area (Å²) in [6, 6.07) is 17.0. The van der Waals surface area contributed by atoms with Gasteiger partial charge in [0.2, 0.25) is 6.41 Å². The lowest BCUT2D eigenvalue weighted by Gasteiger charge is -2.13. The second-order valence-corrected chi connectivity index (χ2v) is 8.63. The van der Waals surface area contributed by atoms with Crippen molar-refractivity contribution in [1.82, 2.24) is 24.8 Å². The van der Waals surface area contributed by atoms with E-state index in [1.807, 2.05) is 66.1 Å². The molecule has 5 aromatic rings. The molecular formula is C28H27N5O4. The first-order chi connectivity index (χ1) is 18.1. The van der Waals surface area contributed by atoms with E-state index >= 15 is 0 Å². The summed E-state index contributed by atoms with van der Waals surface area (Å²) in [5.74, 6) is 1.80. The summed E-state index contributed by atoms with van der Waals surface area (Å²) in [5, 5.41) is 3.13. The van der Waals surface area contributed by atoms with Gasteiger partial charge >= 0.3 is 0 Å². The standard InChI is InChI=1S/C28H27N5O4/c1-3-10-37-26-9-8-18(14-29-17-34)11-21(26)27-31-22-13-23-24(12-20(22)28(35)32-27)33(16-30-23)15-19-6-4-5-7-25(19)36-2/h4-9,11-13,16-17H,3,10,14-15H2,1-2H3,(H,29,34)(H,31,32,35). The summed E-state index contributed by atoms with van der Waals surface area (Å²) in [4.78, 5) is 36.3. The highest BCUT2D eigenvalue weighted by molar-refractivity contribution is 5.93. The molecule has 0 unspecified atom stereocenters. The molecule has 5 rings (SSSR count). The van der Waals surface area contributed by atoms with Crippen molar-refractivity contribution in [2.75, 3.05) is 13.7 Å². The van der Waals surface area contributed by atoms with Crippen LogP contribution in [0, 0.1) is 0 Å². The predicted octanol–water partition coefficient (Wildman–Crippen LogP) is 4.03. The maximum atomic E-state index is 13.2. The van der Waals surface area contributed by atoms with Crippen LogP contribution in [0.3, 0.4) is 0 Å². The second-order valence-electron chi connectivity index (χ2n) is 8.63. The molecule has 0 atom stereocenters. The molecule has 2 heterocycles. The third kappa shape index (κ3) is 4.88. The topological polar surface area (TPSA) is 111 Å². The van der Waals surface area contributed by atoms with Crippen molar-refractivity contribution < 1.29 is 14.3 Å². The van der Waals surface area contributed by atoms with E-state index in [1.165, 1.54) is 0 Å². The number of ether oxygens (including phenoxy) is 2. The van der Waals surface area contributed by atoms with Crippen LogP contribution in [0.1, 0.15) is 24.5 Å². The summed E-state index contributed by atoms with van der Waals surface area (Å²) < 4.78 is 13.4. The van der Waals surface area contributed by atoms with Crippen LogP contribution in [-0.4, -0.2) is 39.6 Å². The maximum absolute atomic E-state index is 13.2. The van der Waals surface area contributed by atoms with Gasteiger partial charge in [-0.3, -0.25) is 9.59 Å². The molecule has 0 aliphatic heterocycles. The van der Waals surface area contributed by atoms with Gasteiger partial charge in [-0.15, -0.1) is 0 Å². The Morgan fingerprint density at radius 3 is 2.76 bits per heavy atom. The monoisotopic (exact) mass is 497 g/mol. The van der Waals surface area contributed by atoms with Crippen LogP contribution in [-0.2, 0) is 17.9 Å². The van der Waals surface area contributed by atoms with E-state index in [0.717, 1.165) is 34.3 Å². The minimum absolute atomic E-state index is 0.259. The molecule has 0 fully saturated rings. The van der Waals surface area contributed by atoms with E-state index in [1.54, 1.807) is 13.4 Å². The summed E-state index contributed by atoms with van der Waals surface area (Å²) in [7, 11) is 1.65. The molecule has 0 spiro atoms. The van der Waals surface area contributed by atoms with Gasteiger partial charge in [-0.25, -0.2) is 9.97 Å². The quantitative estimate of drug-likeness (QED) is 0.282. The first-order valence-electron chi connectivity index (χ1n) is 12.0. The molecule has 9 nitrogen and oxygen atoms in total. The Morgan fingerprint density at radius 1 is 1.08 bits per heavy atom. The minimum atomic E-state index is -0.259. The Morgan fingerprint density at radius 2 is 1.95 bits per heavy atom. The van der Waals surface area contributed by atoms with E-state index in [4.69, 9.17) is 14.5 Å². The number of nitrogens with one attached hydrogen (secondary N) is 2. The van der Waals surface area contributed by atoms with Gasteiger partial charge in [-0.05, 0) is 42.3 Å². The number of rotatable bonds is 10. The van der Waals surface area contributed by atoms with Crippen LogP contribution < -0.4 is 20.3 Å². The van der Waals surface area contributed by atoms with Crippen LogP contribution >= 0.6 is 0 Å². The number of nitrogens with zero attached hydrogens (tertiary/aromatic N) is 3. The number of imidazole rings is 1. The van der Waals surface area contributed by atoms with Gasteiger partial charge in [0.25, 0.3) is 5.56 Å². The molecule has 0 aliphatic carbocycles. The minimum Gasteiger partial charge on any atom is -0.496 e. The number of H-pyrrole nitrogens is 1. The normalized spacial score (nSPS) is 11.1. The highest BCUT2D eigenvalue weighted by Gasteiger charge is 2.15. The van der Waals surface area contributed by atoms with Crippen LogP contribution in [0.2, 0.25) is 0 Å². The summed E-state index contributed by atoms with van der Waals surface area (Å²) in [6.45, 7) is 3.46. The first-order valence-corrected chi connectivity index (χ1v) is 12.0.